The zero-order valence-electron chi connectivity index (χ0n) is 21.3. The smallest absolute Gasteiger partial charge is 0.264 e. The molecule has 3 aromatic rings. The summed E-state index contributed by atoms with van der Waals surface area (Å²) >= 11 is 5.27. The number of carbonyl (C=O) groups excluding carboxylic acids is 1. The standard InChI is InChI=1S/C28H33N3O4S2/c1-4-6-10-21(3)35-25-17-13-22(14-18-25)27(32)30-28(36)29-23-15-19-26(20-16-23)37(33,34)31(5-2)24-11-8-7-9-12-24/h7-9,11-21H,4-6,10H2,1-3H3,(H2,29,30,32,36). The van der Waals surface area contributed by atoms with Crippen LogP contribution in [0.25, 0.3) is 0 Å². The van der Waals surface area contributed by atoms with Crippen LogP contribution in [0.2, 0.25) is 0 Å². The van der Waals surface area contributed by atoms with Crippen molar-refractivity contribution < 1.29 is 17.9 Å². The summed E-state index contributed by atoms with van der Waals surface area (Å²) < 4.78 is 33.5. The lowest BCUT2D eigenvalue weighted by atomic mass is 10.2. The lowest BCUT2D eigenvalue weighted by Crippen LogP contribution is -2.34. The molecule has 1 amide bonds. The molecular formula is C28H33N3O4S2. The van der Waals surface area contributed by atoms with Crippen molar-refractivity contribution in [1.29, 1.82) is 0 Å². The van der Waals surface area contributed by atoms with Gasteiger partial charge in [0, 0.05) is 17.8 Å². The molecule has 0 saturated heterocycles. The number of rotatable bonds is 11. The molecule has 2 N–H and O–H groups in total. The highest BCUT2D eigenvalue weighted by molar-refractivity contribution is 7.92. The number of anilines is 2. The zero-order valence-corrected chi connectivity index (χ0v) is 22.9. The zero-order chi connectivity index (χ0) is 26.8. The van der Waals surface area contributed by atoms with E-state index in [1.165, 1.54) is 16.4 Å². The topological polar surface area (TPSA) is 87.7 Å². The first-order valence-corrected chi connectivity index (χ1v) is 14.2. The maximum atomic E-state index is 13.1. The second-order valence-corrected chi connectivity index (χ2v) is 10.8. The molecule has 3 rings (SSSR count). The molecule has 7 nitrogen and oxygen atoms in total. The molecule has 3 aromatic carbocycles. The molecule has 1 unspecified atom stereocenters. The van der Waals surface area contributed by atoms with Gasteiger partial charge in [0.1, 0.15) is 5.75 Å². The average molecular weight is 540 g/mol. The van der Waals surface area contributed by atoms with E-state index >= 15 is 0 Å². The van der Waals surface area contributed by atoms with Gasteiger partial charge in [-0.05, 0) is 93.1 Å². The van der Waals surface area contributed by atoms with Crippen molar-refractivity contribution in [3.8, 4) is 5.75 Å². The second kappa shape index (κ2) is 13.2. The molecule has 0 aliphatic heterocycles. The Morgan fingerprint density at radius 2 is 1.62 bits per heavy atom. The molecule has 0 spiro atoms. The summed E-state index contributed by atoms with van der Waals surface area (Å²) in [4.78, 5) is 12.7. The van der Waals surface area contributed by atoms with Crippen LogP contribution >= 0.6 is 12.2 Å². The first-order chi connectivity index (χ1) is 17.7. The molecule has 37 heavy (non-hydrogen) atoms. The van der Waals surface area contributed by atoms with Gasteiger partial charge in [-0.15, -0.1) is 0 Å². The van der Waals surface area contributed by atoms with Gasteiger partial charge in [0.15, 0.2) is 5.11 Å². The van der Waals surface area contributed by atoms with E-state index < -0.39 is 10.0 Å². The van der Waals surface area contributed by atoms with Gasteiger partial charge in [0.25, 0.3) is 15.9 Å². The van der Waals surface area contributed by atoms with E-state index in [1.54, 1.807) is 67.6 Å². The number of amides is 1. The molecule has 196 valence electrons. The molecule has 0 saturated carbocycles. The number of hydrogen-bond donors (Lipinski definition) is 2. The number of carbonyl (C=O) groups is 1. The monoisotopic (exact) mass is 539 g/mol. The van der Waals surface area contributed by atoms with E-state index in [4.69, 9.17) is 17.0 Å². The highest BCUT2D eigenvalue weighted by atomic mass is 32.2. The third-order valence-electron chi connectivity index (χ3n) is 5.68. The predicted molar refractivity (Wildman–Crippen MR) is 153 cm³/mol. The molecule has 1 atom stereocenters. The minimum atomic E-state index is -3.73. The molecule has 0 aromatic heterocycles. The van der Waals surface area contributed by atoms with E-state index in [0.29, 0.717) is 29.2 Å². The van der Waals surface area contributed by atoms with Crippen LogP contribution < -0.4 is 19.7 Å². The number of nitrogens with one attached hydrogen (secondary N) is 2. The number of ether oxygens (including phenoxy) is 1. The van der Waals surface area contributed by atoms with E-state index in [-0.39, 0.29) is 22.0 Å². The van der Waals surface area contributed by atoms with Crippen LogP contribution in [0.5, 0.6) is 5.75 Å². The maximum Gasteiger partial charge on any atom is 0.264 e. The lowest BCUT2D eigenvalue weighted by Gasteiger charge is -2.23. The molecule has 0 fully saturated rings. The van der Waals surface area contributed by atoms with E-state index in [9.17, 15) is 13.2 Å². The van der Waals surface area contributed by atoms with E-state index in [1.807, 2.05) is 13.0 Å². The fraction of sp³-hybridized carbons (Fsp3) is 0.286. The summed E-state index contributed by atoms with van der Waals surface area (Å²) in [5.41, 5.74) is 1.60. The lowest BCUT2D eigenvalue weighted by molar-refractivity contribution is 0.0977. The van der Waals surface area contributed by atoms with Crippen molar-refractivity contribution >= 4 is 44.6 Å². The summed E-state index contributed by atoms with van der Waals surface area (Å²) in [5, 5.41) is 5.67. The van der Waals surface area contributed by atoms with Crippen LogP contribution in [0.15, 0.2) is 83.8 Å². The Hall–Kier alpha value is -3.43. The minimum absolute atomic E-state index is 0.105. The van der Waals surface area contributed by atoms with Gasteiger partial charge in [0.2, 0.25) is 0 Å². The number of benzene rings is 3. The van der Waals surface area contributed by atoms with Crippen LogP contribution in [-0.4, -0.2) is 32.1 Å². The molecule has 0 heterocycles. The molecule has 0 aliphatic rings. The Morgan fingerprint density at radius 1 is 0.973 bits per heavy atom. The van der Waals surface area contributed by atoms with Crippen LogP contribution in [0.1, 0.15) is 50.4 Å². The Bertz CT molecular complexity index is 1280. The van der Waals surface area contributed by atoms with Crippen molar-refractivity contribution in [3.63, 3.8) is 0 Å². The highest BCUT2D eigenvalue weighted by Crippen LogP contribution is 2.24. The van der Waals surface area contributed by atoms with Gasteiger partial charge in [0.05, 0.1) is 16.7 Å². The van der Waals surface area contributed by atoms with Gasteiger partial charge in [-0.25, -0.2) is 8.42 Å². The molecule has 9 heteroatoms. The fourth-order valence-corrected chi connectivity index (χ4v) is 5.41. The van der Waals surface area contributed by atoms with Crippen LogP contribution in [0.4, 0.5) is 11.4 Å². The van der Waals surface area contributed by atoms with E-state index in [2.05, 4.69) is 17.6 Å². The van der Waals surface area contributed by atoms with Crippen molar-refractivity contribution in [2.24, 2.45) is 0 Å². The van der Waals surface area contributed by atoms with Gasteiger partial charge in [-0.3, -0.25) is 14.4 Å². The number of unbranched alkanes of at least 4 members (excludes halogenated alkanes) is 1. The van der Waals surface area contributed by atoms with Gasteiger partial charge >= 0.3 is 0 Å². The van der Waals surface area contributed by atoms with Gasteiger partial charge < -0.3 is 10.1 Å². The van der Waals surface area contributed by atoms with Crippen LogP contribution in [0.3, 0.4) is 0 Å². The third-order valence-corrected chi connectivity index (χ3v) is 7.80. The summed E-state index contributed by atoms with van der Waals surface area (Å²) in [6, 6.07) is 22.1. The SMILES string of the molecule is CCCCC(C)Oc1ccc(C(=O)NC(=S)Nc2ccc(S(=O)(=O)N(CC)c3ccccc3)cc2)cc1. The molecule has 0 bridgehead atoms. The fourth-order valence-electron chi connectivity index (χ4n) is 3.73. The number of thiocarbonyl (C=S) groups is 1. The maximum absolute atomic E-state index is 13.1. The first kappa shape index (κ1) is 28.1. The predicted octanol–water partition coefficient (Wildman–Crippen LogP) is 5.99. The highest BCUT2D eigenvalue weighted by Gasteiger charge is 2.23. The first-order valence-electron chi connectivity index (χ1n) is 12.3. The number of sulfonamides is 1. The van der Waals surface area contributed by atoms with Crippen molar-refractivity contribution in [1.82, 2.24) is 5.32 Å². The van der Waals surface area contributed by atoms with Gasteiger partial charge in [-0.2, -0.15) is 0 Å². The van der Waals surface area contributed by atoms with Crippen LogP contribution in [-0.2, 0) is 10.0 Å². The Balaban J connectivity index is 1.58. The number of para-hydroxylation sites is 1. The number of nitrogens with zero attached hydrogens (tertiary/aromatic N) is 1. The molecule has 0 radical (unpaired) electrons. The Labute approximate surface area is 224 Å². The molecular weight excluding hydrogens is 506 g/mol. The summed E-state index contributed by atoms with van der Waals surface area (Å²) in [6.07, 6.45) is 3.32. The average Bonchev–Trinajstić information content (AvgIpc) is 2.89. The van der Waals surface area contributed by atoms with Crippen molar-refractivity contribution in [2.45, 2.75) is 51.0 Å². The molecule has 0 aliphatic carbocycles. The van der Waals surface area contributed by atoms with Crippen LogP contribution in [0, 0.1) is 0 Å². The minimum Gasteiger partial charge on any atom is -0.491 e. The normalized spacial score (nSPS) is 11.9. The van der Waals surface area contributed by atoms with E-state index in [0.717, 1.165) is 19.3 Å². The summed E-state index contributed by atoms with van der Waals surface area (Å²) in [7, 11) is -3.73. The Morgan fingerprint density at radius 3 is 2.22 bits per heavy atom. The summed E-state index contributed by atoms with van der Waals surface area (Å²) in [5.74, 6) is 0.355. The quantitative estimate of drug-likeness (QED) is 0.291. The third kappa shape index (κ3) is 7.77. The second-order valence-electron chi connectivity index (χ2n) is 8.53. The van der Waals surface area contributed by atoms with Gasteiger partial charge in [-0.1, -0.05) is 38.0 Å². The number of hydrogen-bond acceptors (Lipinski definition) is 5. The largest absolute Gasteiger partial charge is 0.491 e. The Kier molecular flexibility index (Phi) is 10.0. The summed E-state index contributed by atoms with van der Waals surface area (Å²) in [6.45, 7) is 6.27. The van der Waals surface area contributed by atoms with Crippen molar-refractivity contribution in [3.05, 3.63) is 84.4 Å². The van der Waals surface area contributed by atoms with Crippen molar-refractivity contribution in [2.75, 3.05) is 16.2 Å².